The summed E-state index contributed by atoms with van der Waals surface area (Å²) >= 11 is 0. The first-order chi connectivity index (χ1) is 10.0. The number of ketones is 1. The van der Waals surface area contributed by atoms with Crippen molar-refractivity contribution in [3.05, 3.63) is 58.9 Å². The van der Waals surface area contributed by atoms with E-state index >= 15 is 0 Å². The van der Waals surface area contributed by atoms with Crippen LogP contribution in [0.25, 0.3) is 0 Å². The van der Waals surface area contributed by atoms with Crippen LogP contribution in [0.1, 0.15) is 28.4 Å². The van der Waals surface area contributed by atoms with Crippen LogP contribution in [0.15, 0.2) is 36.4 Å². The number of Topliss-reactive ketones (excluding diaryl/α,β-unsaturated/α-hetero) is 1. The lowest BCUT2D eigenvalue weighted by Gasteiger charge is -2.10. The van der Waals surface area contributed by atoms with Gasteiger partial charge >= 0.3 is 0 Å². The van der Waals surface area contributed by atoms with Gasteiger partial charge in [0.15, 0.2) is 5.78 Å². The molecule has 108 valence electrons. The maximum absolute atomic E-state index is 13.9. The molecule has 2 aromatic carbocycles. The lowest BCUT2D eigenvalue weighted by Crippen LogP contribution is -2.07. The number of nitrogens with one attached hydrogen (secondary N) is 1. The lowest BCUT2D eigenvalue weighted by atomic mass is 10.1. The Labute approximate surface area is 123 Å². The molecule has 1 aliphatic heterocycles. The van der Waals surface area contributed by atoms with Crippen LogP contribution < -0.4 is 5.32 Å². The quantitative estimate of drug-likeness (QED) is 0.872. The number of carbonyl (C=O) groups excluding carboxylic acids is 1. The first-order valence-corrected chi connectivity index (χ1v) is 6.91. The zero-order valence-electron chi connectivity index (χ0n) is 12.1. The van der Waals surface area contributed by atoms with E-state index < -0.39 is 0 Å². The predicted molar refractivity (Wildman–Crippen MR) is 81.3 cm³/mol. The van der Waals surface area contributed by atoms with Gasteiger partial charge in [0, 0.05) is 24.3 Å². The molecule has 1 aliphatic rings. The summed E-state index contributed by atoms with van der Waals surface area (Å²) in [4.78, 5) is 13.6. The van der Waals surface area contributed by atoms with Crippen LogP contribution >= 0.6 is 0 Å². The third kappa shape index (κ3) is 2.81. The first kappa shape index (κ1) is 13.8. The molecule has 0 spiro atoms. The minimum atomic E-state index is -0.363. The van der Waals surface area contributed by atoms with E-state index in [2.05, 4.69) is 23.3 Å². The van der Waals surface area contributed by atoms with E-state index in [1.165, 1.54) is 30.2 Å². The summed E-state index contributed by atoms with van der Waals surface area (Å²) in [5.41, 5.74) is 4.23. The van der Waals surface area contributed by atoms with Crippen LogP contribution in [0.3, 0.4) is 0 Å². The number of carbonyl (C=O) groups is 1. The summed E-state index contributed by atoms with van der Waals surface area (Å²) in [6, 6.07) is 10.4. The van der Waals surface area contributed by atoms with Crippen LogP contribution in [0, 0.1) is 5.82 Å². The Morgan fingerprint density at radius 2 is 1.90 bits per heavy atom. The van der Waals surface area contributed by atoms with E-state index in [1.807, 2.05) is 12.1 Å². The van der Waals surface area contributed by atoms with Gasteiger partial charge in [-0.05, 0) is 55.4 Å². The topological polar surface area (TPSA) is 32.3 Å². The zero-order chi connectivity index (χ0) is 15.0. The fourth-order valence-electron chi connectivity index (χ4n) is 2.64. The Morgan fingerprint density at radius 3 is 2.67 bits per heavy atom. The smallest absolute Gasteiger partial charge is 0.159 e. The van der Waals surface area contributed by atoms with Gasteiger partial charge in [-0.25, -0.2) is 4.39 Å². The highest BCUT2D eigenvalue weighted by atomic mass is 19.1. The van der Waals surface area contributed by atoms with Crippen LogP contribution in [0.4, 0.5) is 15.8 Å². The van der Waals surface area contributed by atoms with Crippen molar-refractivity contribution in [3.8, 4) is 0 Å². The SMILES string of the molecule is CC(=O)c1ccc(F)c(Nc2ccc3c(c2)CN(C)C3)c1. The van der Waals surface area contributed by atoms with Crippen molar-refractivity contribution in [2.24, 2.45) is 0 Å². The number of rotatable bonds is 3. The van der Waals surface area contributed by atoms with Crippen molar-refractivity contribution in [2.45, 2.75) is 20.0 Å². The van der Waals surface area contributed by atoms with Gasteiger partial charge < -0.3 is 5.32 Å². The minimum absolute atomic E-state index is 0.0753. The predicted octanol–water partition coefficient (Wildman–Crippen LogP) is 3.72. The van der Waals surface area contributed by atoms with Crippen LogP contribution in [-0.2, 0) is 13.1 Å². The van der Waals surface area contributed by atoms with Crippen molar-refractivity contribution in [3.63, 3.8) is 0 Å². The fourth-order valence-corrected chi connectivity index (χ4v) is 2.64. The van der Waals surface area contributed by atoms with E-state index in [0.717, 1.165) is 18.8 Å². The monoisotopic (exact) mass is 284 g/mol. The molecule has 3 rings (SSSR count). The number of anilines is 2. The summed E-state index contributed by atoms with van der Waals surface area (Å²) < 4.78 is 13.9. The second-order valence-corrected chi connectivity index (χ2v) is 5.53. The van der Waals surface area contributed by atoms with Crippen LogP contribution in [0.5, 0.6) is 0 Å². The summed E-state index contributed by atoms with van der Waals surface area (Å²) in [5, 5.41) is 3.07. The molecule has 0 atom stereocenters. The van der Waals surface area contributed by atoms with E-state index in [4.69, 9.17) is 0 Å². The molecule has 1 N–H and O–H groups in total. The van der Waals surface area contributed by atoms with Gasteiger partial charge in [-0.3, -0.25) is 9.69 Å². The van der Waals surface area contributed by atoms with Crippen molar-refractivity contribution < 1.29 is 9.18 Å². The average Bonchev–Trinajstić information content (AvgIpc) is 2.80. The molecule has 21 heavy (non-hydrogen) atoms. The van der Waals surface area contributed by atoms with Crippen molar-refractivity contribution >= 4 is 17.2 Å². The number of hydrogen-bond donors (Lipinski definition) is 1. The highest BCUT2D eigenvalue weighted by Gasteiger charge is 2.16. The molecule has 0 fully saturated rings. The highest BCUT2D eigenvalue weighted by Crippen LogP contribution is 2.27. The Bertz CT molecular complexity index is 712. The molecule has 0 saturated carbocycles. The second kappa shape index (κ2) is 5.30. The van der Waals surface area contributed by atoms with Gasteiger partial charge in [0.05, 0.1) is 5.69 Å². The second-order valence-electron chi connectivity index (χ2n) is 5.53. The number of hydrogen-bond acceptors (Lipinski definition) is 3. The van der Waals surface area contributed by atoms with E-state index in [9.17, 15) is 9.18 Å². The Hall–Kier alpha value is -2.20. The number of halogens is 1. The molecule has 3 nitrogen and oxygen atoms in total. The highest BCUT2D eigenvalue weighted by molar-refractivity contribution is 5.95. The summed E-state index contributed by atoms with van der Waals surface area (Å²) in [5.74, 6) is -0.439. The third-order valence-corrected chi connectivity index (χ3v) is 3.74. The largest absolute Gasteiger partial charge is 0.353 e. The standard InChI is InChI=1S/C17H17FN2O/c1-11(21)12-4-6-16(18)17(8-12)19-15-5-3-13-9-20(2)10-14(13)7-15/h3-8,19H,9-10H2,1-2H3. The number of fused-ring (bicyclic) bond motifs is 1. The number of nitrogens with zero attached hydrogens (tertiary/aromatic N) is 1. The normalized spacial score (nSPS) is 14.0. The molecular formula is C17H17FN2O. The molecule has 0 saturated heterocycles. The van der Waals surface area contributed by atoms with E-state index in [-0.39, 0.29) is 11.6 Å². The maximum Gasteiger partial charge on any atom is 0.159 e. The molecule has 0 aliphatic carbocycles. The molecular weight excluding hydrogens is 267 g/mol. The zero-order valence-corrected chi connectivity index (χ0v) is 12.1. The average molecular weight is 284 g/mol. The molecule has 0 bridgehead atoms. The van der Waals surface area contributed by atoms with Crippen LogP contribution in [-0.4, -0.2) is 17.7 Å². The Morgan fingerprint density at radius 1 is 1.14 bits per heavy atom. The molecule has 1 heterocycles. The minimum Gasteiger partial charge on any atom is -0.353 e. The fraction of sp³-hybridized carbons (Fsp3) is 0.235. The summed E-state index contributed by atoms with van der Waals surface area (Å²) in [6.07, 6.45) is 0. The first-order valence-electron chi connectivity index (χ1n) is 6.91. The maximum atomic E-state index is 13.9. The van der Waals surface area contributed by atoms with Gasteiger partial charge in [0.1, 0.15) is 5.82 Å². The van der Waals surface area contributed by atoms with Gasteiger partial charge in [-0.1, -0.05) is 6.07 Å². The summed E-state index contributed by atoms with van der Waals surface area (Å²) in [6.45, 7) is 3.33. The van der Waals surface area contributed by atoms with Crippen molar-refractivity contribution in [2.75, 3.05) is 12.4 Å². The number of benzene rings is 2. The molecule has 4 heteroatoms. The third-order valence-electron chi connectivity index (χ3n) is 3.74. The Balaban J connectivity index is 1.89. The Kier molecular flexibility index (Phi) is 3.47. The van der Waals surface area contributed by atoms with E-state index in [1.54, 1.807) is 6.07 Å². The molecule has 0 radical (unpaired) electrons. The van der Waals surface area contributed by atoms with Gasteiger partial charge in [0.25, 0.3) is 0 Å². The van der Waals surface area contributed by atoms with Gasteiger partial charge in [0.2, 0.25) is 0 Å². The van der Waals surface area contributed by atoms with Gasteiger partial charge in [-0.2, -0.15) is 0 Å². The molecule has 0 unspecified atom stereocenters. The van der Waals surface area contributed by atoms with Gasteiger partial charge in [-0.15, -0.1) is 0 Å². The van der Waals surface area contributed by atoms with E-state index in [0.29, 0.717) is 11.3 Å². The molecule has 2 aromatic rings. The van der Waals surface area contributed by atoms with Crippen molar-refractivity contribution in [1.29, 1.82) is 0 Å². The summed E-state index contributed by atoms with van der Waals surface area (Å²) in [7, 11) is 2.07. The van der Waals surface area contributed by atoms with Crippen molar-refractivity contribution in [1.82, 2.24) is 4.90 Å². The lowest BCUT2D eigenvalue weighted by molar-refractivity contribution is 0.101. The molecule has 0 aromatic heterocycles. The molecule has 0 amide bonds. The van der Waals surface area contributed by atoms with Crippen LogP contribution in [0.2, 0.25) is 0 Å².